The molecule has 0 saturated heterocycles. The standard InChI is InChI=1S/C4H2N4OS/c1-5-7-3(9-1)4-8-6-2-10-4/h1-2H. The van der Waals surface area contributed by atoms with Crippen LogP contribution in [0.4, 0.5) is 0 Å². The van der Waals surface area contributed by atoms with E-state index in [4.69, 9.17) is 4.42 Å². The lowest BCUT2D eigenvalue weighted by molar-refractivity contribution is 0.567. The van der Waals surface area contributed by atoms with Crippen molar-refractivity contribution in [3.8, 4) is 10.9 Å². The highest BCUT2D eigenvalue weighted by atomic mass is 32.1. The molecule has 0 unspecified atom stereocenters. The number of hydrogen-bond donors (Lipinski definition) is 0. The van der Waals surface area contributed by atoms with Gasteiger partial charge in [0.25, 0.3) is 5.89 Å². The molecule has 6 heteroatoms. The van der Waals surface area contributed by atoms with E-state index in [-0.39, 0.29) is 0 Å². The van der Waals surface area contributed by atoms with E-state index in [1.165, 1.54) is 17.7 Å². The molecule has 0 saturated carbocycles. The van der Waals surface area contributed by atoms with E-state index in [2.05, 4.69) is 20.4 Å². The molecule has 0 N–H and O–H groups in total. The van der Waals surface area contributed by atoms with Crippen molar-refractivity contribution >= 4 is 11.3 Å². The van der Waals surface area contributed by atoms with E-state index in [1.54, 1.807) is 5.51 Å². The minimum Gasteiger partial charge on any atom is -0.421 e. The van der Waals surface area contributed by atoms with E-state index < -0.39 is 0 Å². The van der Waals surface area contributed by atoms with Crippen LogP contribution in [0.1, 0.15) is 0 Å². The fourth-order valence-electron chi connectivity index (χ4n) is 0.533. The van der Waals surface area contributed by atoms with Crippen molar-refractivity contribution in [3.63, 3.8) is 0 Å². The van der Waals surface area contributed by atoms with Gasteiger partial charge in [0, 0.05) is 0 Å². The van der Waals surface area contributed by atoms with Crippen molar-refractivity contribution < 1.29 is 4.42 Å². The lowest BCUT2D eigenvalue weighted by atomic mass is 10.7. The molecular formula is C4H2N4OS. The van der Waals surface area contributed by atoms with Crippen molar-refractivity contribution in [2.75, 3.05) is 0 Å². The van der Waals surface area contributed by atoms with E-state index in [0.717, 1.165) is 0 Å². The first kappa shape index (κ1) is 5.48. The van der Waals surface area contributed by atoms with Gasteiger partial charge < -0.3 is 4.42 Å². The lowest BCUT2D eigenvalue weighted by Crippen LogP contribution is -1.75. The summed E-state index contributed by atoms with van der Waals surface area (Å²) in [4.78, 5) is 0. The van der Waals surface area contributed by atoms with Gasteiger partial charge in [0.15, 0.2) is 0 Å². The zero-order chi connectivity index (χ0) is 6.81. The molecule has 10 heavy (non-hydrogen) atoms. The van der Waals surface area contributed by atoms with Gasteiger partial charge in [-0.05, 0) is 0 Å². The molecule has 0 amide bonds. The Labute approximate surface area is 59.7 Å². The molecule has 0 radical (unpaired) electrons. The molecule has 0 aliphatic heterocycles. The molecule has 2 aromatic rings. The molecule has 2 aromatic heterocycles. The summed E-state index contributed by atoms with van der Waals surface area (Å²) in [6, 6.07) is 0. The lowest BCUT2D eigenvalue weighted by Gasteiger charge is -1.77. The molecule has 0 atom stereocenters. The van der Waals surface area contributed by atoms with Crippen molar-refractivity contribution in [1.29, 1.82) is 0 Å². The molecular weight excluding hydrogens is 152 g/mol. The second-order valence-corrected chi connectivity index (χ2v) is 2.32. The summed E-state index contributed by atoms with van der Waals surface area (Å²) in [6.07, 6.45) is 1.26. The Morgan fingerprint density at radius 2 is 2.30 bits per heavy atom. The van der Waals surface area contributed by atoms with Gasteiger partial charge in [-0.15, -0.1) is 20.4 Å². The third kappa shape index (κ3) is 0.781. The van der Waals surface area contributed by atoms with Gasteiger partial charge in [-0.3, -0.25) is 0 Å². The average molecular weight is 154 g/mol. The monoisotopic (exact) mass is 154 g/mol. The molecule has 0 fully saturated rings. The topological polar surface area (TPSA) is 64.7 Å². The van der Waals surface area contributed by atoms with Crippen LogP contribution in [-0.4, -0.2) is 20.4 Å². The highest BCUT2D eigenvalue weighted by Gasteiger charge is 2.05. The van der Waals surface area contributed by atoms with Crippen molar-refractivity contribution in [3.05, 3.63) is 11.9 Å². The molecule has 50 valence electrons. The van der Waals surface area contributed by atoms with Gasteiger partial charge in [-0.25, -0.2) is 0 Å². The Hall–Kier alpha value is -1.30. The molecule has 2 heterocycles. The second-order valence-electron chi connectivity index (χ2n) is 1.49. The fourth-order valence-corrected chi connectivity index (χ4v) is 1.01. The van der Waals surface area contributed by atoms with Gasteiger partial charge in [-0.1, -0.05) is 11.3 Å². The van der Waals surface area contributed by atoms with Crippen LogP contribution in [0.25, 0.3) is 10.9 Å². The minimum atomic E-state index is 0.419. The first-order chi connectivity index (χ1) is 4.97. The maximum atomic E-state index is 4.86. The van der Waals surface area contributed by atoms with E-state index in [9.17, 15) is 0 Å². The number of hydrogen-bond acceptors (Lipinski definition) is 6. The Morgan fingerprint density at radius 3 is 2.90 bits per heavy atom. The van der Waals surface area contributed by atoms with E-state index in [1.807, 2.05) is 0 Å². The smallest absolute Gasteiger partial charge is 0.278 e. The van der Waals surface area contributed by atoms with Gasteiger partial charge in [-0.2, -0.15) is 0 Å². The second kappa shape index (κ2) is 2.14. The predicted molar refractivity (Wildman–Crippen MR) is 33.2 cm³/mol. The number of nitrogens with zero attached hydrogens (tertiary/aromatic N) is 4. The van der Waals surface area contributed by atoms with Gasteiger partial charge >= 0.3 is 0 Å². The third-order valence-corrected chi connectivity index (χ3v) is 1.58. The zero-order valence-corrected chi connectivity index (χ0v) is 5.58. The Morgan fingerprint density at radius 1 is 1.30 bits per heavy atom. The van der Waals surface area contributed by atoms with E-state index in [0.29, 0.717) is 10.9 Å². The van der Waals surface area contributed by atoms with Crippen LogP contribution < -0.4 is 0 Å². The SMILES string of the molecule is c1nnc(-c2nncs2)o1. The maximum Gasteiger partial charge on any atom is 0.278 e. The van der Waals surface area contributed by atoms with Gasteiger partial charge in [0.1, 0.15) is 5.51 Å². The van der Waals surface area contributed by atoms with Crippen LogP contribution in [0.3, 0.4) is 0 Å². The van der Waals surface area contributed by atoms with E-state index >= 15 is 0 Å². The van der Waals surface area contributed by atoms with Crippen LogP contribution in [0.5, 0.6) is 0 Å². The predicted octanol–water partition coefficient (Wildman–Crippen LogP) is 0.588. The highest BCUT2D eigenvalue weighted by molar-refractivity contribution is 7.12. The van der Waals surface area contributed by atoms with Crippen LogP contribution >= 0.6 is 11.3 Å². The van der Waals surface area contributed by atoms with Crippen LogP contribution in [0.2, 0.25) is 0 Å². The molecule has 0 aromatic carbocycles. The summed E-state index contributed by atoms with van der Waals surface area (Å²) in [5.74, 6) is 0.419. The van der Waals surface area contributed by atoms with Crippen molar-refractivity contribution in [2.24, 2.45) is 0 Å². The average Bonchev–Trinajstić information content (AvgIpc) is 2.59. The first-order valence-corrected chi connectivity index (χ1v) is 3.37. The third-order valence-electron chi connectivity index (χ3n) is 0.903. The zero-order valence-electron chi connectivity index (χ0n) is 4.76. The molecule has 0 aliphatic rings. The van der Waals surface area contributed by atoms with Crippen molar-refractivity contribution in [2.45, 2.75) is 0 Å². The Bertz CT molecular complexity index is 257. The number of aromatic nitrogens is 4. The quantitative estimate of drug-likeness (QED) is 0.601. The van der Waals surface area contributed by atoms with Crippen molar-refractivity contribution in [1.82, 2.24) is 20.4 Å². The molecule has 0 aliphatic carbocycles. The molecule has 5 nitrogen and oxygen atoms in total. The summed E-state index contributed by atoms with van der Waals surface area (Å²) in [6.45, 7) is 0. The highest BCUT2D eigenvalue weighted by Crippen LogP contribution is 2.15. The summed E-state index contributed by atoms with van der Waals surface area (Å²) < 4.78 is 4.86. The summed E-state index contributed by atoms with van der Waals surface area (Å²) >= 11 is 1.36. The van der Waals surface area contributed by atoms with Crippen LogP contribution in [-0.2, 0) is 0 Å². The Balaban J connectivity index is 2.48. The summed E-state index contributed by atoms with van der Waals surface area (Å²) in [5, 5.41) is 15.2. The largest absolute Gasteiger partial charge is 0.421 e. The molecule has 0 spiro atoms. The summed E-state index contributed by atoms with van der Waals surface area (Å²) in [7, 11) is 0. The fraction of sp³-hybridized carbons (Fsp3) is 0. The Kier molecular flexibility index (Phi) is 1.17. The first-order valence-electron chi connectivity index (χ1n) is 2.49. The normalized spacial score (nSPS) is 10.0. The maximum absolute atomic E-state index is 4.86. The van der Waals surface area contributed by atoms with Crippen LogP contribution in [0.15, 0.2) is 16.3 Å². The van der Waals surface area contributed by atoms with Gasteiger partial charge in [0.05, 0.1) is 0 Å². The van der Waals surface area contributed by atoms with Gasteiger partial charge in [0.2, 0.25) is 11.4 Å². The minimum absolute atomic E-state index is 0.419. The summed E-state index contributed by atoms with van der Waals surface area (Å²) in [5.41, 5.74) is 1.61. The number of rotatable bonds is 1. The molecule has 0 bridgehead atoms. The molecule has 2 rings (SSSR count). The van der Waals surface area contributed by atoms with Crippen LogP contribution in [0, 0.1) is 0 Å².